The highest BCUT2D eigenvalue weighted by atomic mass is 32.2. The van der Waals surface area contributed by atoms with E-state index < -0.39 is 18.3 Å². The normalized spacial score (nSPS) is 31.6. The van der Waals surface area contributed by atoms with Gasteiger partial charge in [0.15, 0.2) is 0 Å². The third-order valence-corrected chi connectivity index (χ3v) is 4.49. The van der Waals surface area contributed by atoms with Crippen molar-refractivity contribution in [1.82, 2.24) is 0 Å². The van der Waals surface area contributed by atoms with Crippen LogP contribution in [0.1, 0.15) is 46.0 Å². The number of thioether (sulfide) groups is 1. The molecule has 1 heterocycles. The second-order valence-corrected chi connectivity index (χ2v) is 6.23. The van der Waals surface area contributed by atoms with E-state index in [0.29, 0.717) is 6.61 Å². The van der Waals surface area contributed by atoms with Gasteiger partial charge in [0, 0.05) is 6.61 Å². The van der Waals surface area contributed by atoms with Crippen LogP contribution in [0.3, 0.4) is 0 Å². The largest absolute Gasteiger partial charge is 0.388 e. The zero-order valence-corrected chi connectivity index (χ0v) is 12.9. The van der Waals surface area contributed by atoms with Crippen LogP contribution in [0.2, 0.25) is 0 Å². The third-order valence-electron chi connectivity index (χ3n) is 3.22. The van der Waals surface area contributed by atoms with Gasteiger partial charge in [-0.3, -0.25) is 0 Å². The van der Waals surface area contributed by atoms with E-state index in [1.165, 1.54) is 19.3 Å². The lowest BCUT2D eigenvalue weighted by molar-refractivity contribution is -0.181. The van der Waals surface area contributed by atoms with Crippen LogP contribution in [0.15, 0.2) is 0 Å². The molecule has 1 rings (SSSR count). The van der Waals surface area contributed by atoms with Gasteiger partial charge in [0.05, 0.1) is 6.61 Å². The van der Waals surface area contributed by atoms with E-state index in [2.05, 4.69) is 6.92 Å². The number of aliphatic hydroxyl groups excluding tert-OH is 2. The minimum Gasteiger partial charge on any atom is -0.388 e. The van der Waals surface area contributed by atoms with Crippen molar-refractivity contribution in [3.8, 4) is 0 Å². The molecule has 0 spiro atoms. The molecule has 0 unspecified atom stereocenters. The molecular formula is C14H28O4S. The van der Waals surface area contributed by atoms with Crippen molar-refractivity contribution >= 4 is 11.8 Å². The number of unbranched alkanes of at least 4 members (excludes halogenated alkanes) is 3. The summed E-state index contributed by atoms with van der Waals surface area (Å²) in [6, 6.07) is 0. The Morgan fingerprint density at radius 2 is 1.95 bits per heavy atom. The van der Waals surface area contributed by atoms with E-state index in [1.54, 1.807) is 11.8 Å². The standard InChI is InChI=1S/C14H28O4S/c1-3-5-6-7-9-19-14-12(16)13(17-8-4-2)11(15)10-18-14/h11-16H,3-10H2,1-2H3/t11-,12-,13+,14+/m1/s1. The van der Waals surface area contributed by atoms with Gasteiger partial charge in [0.1, 0.15) is 23.7 Å². The molecule has 2 N–H and O–H groups in total. The first-order valence-electron chi connectivity index (χ1n) is 7.41. The number of hydrogen-bond acceptors (Lipinski definition) is 5. The Kier molecular flexibility index (Phi) is 9.07. The highest BCUT2D eigenvalue weighted by Crippen LogP contribution is 2.27. The Morgan fingerprint density at radius 1 is 1.16 bits per heavy atom. The van der Waals surface area contributed by atoms with Gasteiger partial charge in [-0.05, 0) is 18.6 Å². The maximum Gasteiger partial charge on any atom is 0.131 e. The Bertz CT molecular complexity index is 227. The number of rotatable bonds is 9. The van der Waals surface area contributed by atoms with Crippen molar-refractivity contribution in [2.45, 2.75) is 69.7 Å². The van der Waals surface area contributed by atoms with Gasteiger partial charge in [-0.1, -0.05) is 33.1 Å². The van der Waals surface area contributed by atoms with Crippen molar-refractivity contribution in [3.05, 3.63) is 0 Å². The zero-order chi connectivity index (χ0) is 14.1. The summed E-state index contributed by atoms with van der Waals surface area (Å²) in [7, 11) is 0. The SMILES string of the molecule is CCCCCCS[C@@H]1OC[C@@H](O)[C@H](OCCC)[C@H]1O. The zero-order valence-electron chi connectivity index (χ0n) is 12.1. The molecular weight excluding hydrogens is 264 g/mol. The molecule has 0 saturated carbocycles. The van der Waals surface area contributed by atoms with Crippen LogP contribution in [0.5, 0.6) is 0 Å². The molecule has 114 valence electrons. The first-order chi connectivity index (χ1) is 9.20. The summed E-state index contributed by atoms with van der Waals surface area (Å²) in [5.74, 6) is 0.984. The maximum absolute atomic E-state index is 10.2. The van der Waals surface area contributed by atoms with Crippen LogP contribution < -0.4 is 0 Å². The minimum atomic E-state index is -0.744. The van der Waals surface area contributed by atoms with Gasteiger partial charge >= 0.3 is 0 Å². The van der Waals surface area contributed by atoms with Gasteiger partial charge < -0.3 is 19.7 Å². The molecule has 0 radical (unpaired) electrons. The van der Waals surface area contributed by atoms with Crippen molar-refractivity contribution in [2.24, 2.45) is 0 Å². The lowest BCUT2D eigenvalue weighted by Crippen LogP contribution is -2.53. The van der Waals surface area contributed by atoms with Crippen LogP contribution in [0.4, 0.5) is 0 Å². The molecule has 19 heavy (non-hydrogen) atoms. The van der Waals surface area contributed by atoms with Crippen molar-refractivity contribution < 1.29 is 19.7 Å². The van der Waals surface area contributed by atoms with Crippen LogP contribution in [0, 0.1) is 0 Å². The lowest BCUT2D eigenvalue weighted by Gasteiger charge is -2.37. The smallest absolute Gasteiger partial charge is 0.131 e. The summed E-state index contributed by atoms with van der Waals surface area (Å²) in [6.45, 7) is 5.01. The van der Waals surface area contributed by atoms with E-state index in [4.69, 9.17) is 9.47 Å². The second-order valence-electron chi connectivity index (χ2n) is 5.03. The molecule has 1 aliphatic heterocycles. The predicted octanol–water partition coefficient (Wildman–Crippen LogP) is 2.17. The Balaban J connectivity index is 2.29. The molecule has 0 aliphatic carbocycles. The molecule has 1 aliphatic rings. The molecule has 0 amide bonds. The molecule has 5 heteroatoms. The highest BCUT2D eigenvalue weighted by Gasteiger charge is 2.39. The molecule has 0 aromatic rings. The number of hydrogen-bond donors (Lipinski definition) is 2. The molecule has 4 atom stereocenters. The van der Waals surface area contributed by atoms with Crippen LogP contribution >= 0.6 is 11.8 Å². The molecule has 1 saturated heterocycles. The summed E-state index contributed by atoms with van der Waals surface area (Å²) < 4.78 is 11.0. The Hall–Kier alpha value is 0.190. The van der Waals surface area contributed by atoms with Gasteiger partial charge in [0.2, 0.25) is 0 Å². The molecule has 0 aromatic heterocycles. The minimum absolute atomic E-state index is 0.248. The van der Waals surface area contributed by atoms with Gasteiger partial charge in [0.25, 0.3) is 0 Å². The topological polar surface area (TPSA) is 58.9 Å². The van der Waals surface area contributed by atoms with E-state index >= 15 is 0 Å². The lowest BCUT2D eigenvalue weighted by atomic mass is 10.1. The van der Waals surface area contributed by atoms with Crippen LogP contribution in [-0.2, 0) is 9.47 Å². The quantitative estimate of drug-likeness (QED) is 0.638. The van der Waals surface area contributed by atoms with Crippen molar-refractivity contribution in [2.75, 3.05) is 19.0 Å². The molecule has 0 aromatic carbocycles. The fourth-order valence-electron chi connectivity index (χ4n) is 2.11. The van der Waals surface area contributed by atoms with Crippen LogP contribution in [-0.4, -0.2) is 52.9 Å². The van der Waals surface area contributed by atoms with Gasteiger partial charge in [-0.2, -0.15) is 0 Å². The van der Waals surface area contributed by atoms with Crippen molar-refractivity contribution in [1.29, 1.82) is 0 Å². The third kappa shape index (κ3) is 6.00. The number of ether oxygens (including phenoxy) is 2. The summed E-state index contributed by atoms with van der Waals surface area (Å²) in [6.07, 6.45) is 3.76. The fraction of sp³-hybridized carbons (Fsp3) is 1.00. The van der Waals surface area contributed by atoms with E-state index in [-0.39, 0.29) is 12.0 Å². The predicted molar refractivity (Wildman–Crippen MR) is 78.4 cm³/mol. The summed E-state index contributed by atoms with van der Waals surface area (Å²) >= 11 is 1.63. The monoisotopic (exact) mass is 292 g/mol. The summed E-state index contributed by atoms with van der Waals surface area (Å²) in [5.41, 5.74) is -0.271. The maximum atomic E-state index is 10.2. The number of aliphatic hydroxyl groups is 2. The van der Waals surface area contributed by atoms with Crippen LogP contribution in [0.25, 0.3) is 0 Å². The first kappa shape index (κ1) is 17.2. The van der Waals surface area contributed by atoms with E-state index in [9.17, 15) is 10.2 Å². The molecule has 1 fully saturated rings. The molecule has 0 bridgehead atoms. The van der Waals surface area contributed by atoms with E-state index in [0.717, 1.165) is 18.6 Å². The Morgan fingerprint density at radius 3 is 2.63 bits per heavy atom. The second kappa shape index (κ2) is 10.00. The van der Waals surface area contributed by atoms with Gasteiger partial charge in [-0.25, -0.2) is 0 Å². The average molecular weight is 292 g/mol. The fourth-order valence-corrected chi connectivity index (χ4v) is 3.24. The summed E-state index contributed by atoms with van der Waals surface area (Å²) in [4.78, 5) is 0. The first-order valence-corrected chi connectivity index (χ1v) is 8.46. The Labute approximate surface area is 120 Å². The molecule has 4 nitrogen and oxygen atoms in total. The highest BCUT2D eigenvalue weighted by molar-refractivity contribution is 7.99. The van der Waals surface area contributed by atoms with E-state index in [1.807, 2.05) is 6.92 Å². The average Bonchev–Trinajstić information content (AvgIpc) is 2.41. The van der Waals surface area contributed by atoms with Crippen molar-refractivity contribution in [3.63, 3.8) is 0 Å². The summed E-state index contributed by atoms with van der Waals surface area (Å²) in [5, 5.41) is 20.0. The van der Waals surface area contributed by atoms with Gasteiger partial charge in [-0.15, -0.1) is 11.8 Å².